The molecule has 1 amide bonds. The Morgan fingerprint density at radius 3 is 2.39 bits per heavy atom. The maximum atomic E-state index is 13.5. The fraction of sp³-hybridized carbons (Fsp3) is 0.345. The van der Waals surface area contributed by atoms with Crippen molar-refractivity contribution in [2.45, 2.75) is 38.1 Å². The molecule has 36 heavy (non-hydrogen) atoms. The van der Waals surface area contributed by atoms with Crippen LogP contribution in [0, 0.1) is 5.41 Å². The molecule has 2 aromatic carbocycles. The molecule has 5 rings (SSSR count). The Kier molecular flexibility index (Phi) is 6.20. The number of amides is 1. The Morgan fingerprint density at radius 1 is 0.972 bits per heavy atom. The number of carbonyl (C=O) groups excluding carboxylic acids is 3. The van der Waals surface area contributed by atoms with E-state index in [1.807, 2.05) is 41.3 Å². The zero-order chi connectivity index (χ0) is 25.5. The molecule has 0 spiro atoms. The molecule has 7 heteroatoms. The predicted molar refractivity (Wildman–Crippen MR) is 137 cm³/mol. The third-order valence-electron chi connectivity index (χ3n) is 7.56. The van der Waals surface area contributed by atoms with Crippen molar-refractivity contribution in [2.75, 3.05) is 20.8 Å². The second-order valence-corrected chi connectivity index (χ2v) is 11.1. The fourth-order valence-corrected chi connectivity index (χ4v) is 6.72. The third-order valence-corrected chi connectivity index (χ3v) is 8.44. The topological polar surface area (TPSA) is 72.9 Å². The van der Waals surface area contributed by atoms with Gasteiger partial charge in [0.25, 0.3) is 5.91 Å². The molecule has 0 saturated carbocycles. The SMILES string of the molecule is COC(=O)C1(C(=O)OC)Cc2ccc(CN3CC(C)(Cc4cccs4)c4ccccc4C3=O)cc2C1. The van der Waals surface area contributed by atoms with E-state index in [1.54, 1.807) is 11.3 Å². The van der Waals surface area contributed by atoms with Crippen molar-refractivity contribution in [3.8, 4) is 0 Å². The summed E-state index contributed by atoms with van der Waals surface area (Å²) in [6.07, 6.45) is 1.33. The summed E-state index contributed by atoms with van der Waals surface area (Å²) in [5.74, 6) is -1.15. The Bertz CT molecular complexity index is 1320. The van der Waals surface area contributed by atoms with Gasteiger partial charge >= 0.3 is 11.9 Å². The number of rotatable bonds is 6. The molecular formula is C29H29NO5S. The molecule has 186 valence electrons. The number of carbonyl (C=O) groups is 3. The Hall–Kier alpha value is -3.45. The van der Waals surface area contributed by atoms with Gasteiger partial charge in [-0.2, -0.15) is 0 Å². The van der Waals surface area contributed by atoms with Gasteiger partial charge in [-0.15, -0.1) is 11.3 Å². The Labute approximate surface area is 214 Å². The molecule has 2 heterocycles. The number of ether oxygens (including phenoxy) is 2. The number of benzene rings is 2. The zero-order valence-electron chi connectivity index (χ0n) is 20.7. The molecule has 1 aromatic heterocycles. The summed E-state index contributed by atoms with van der Waals surface area (Å²) in [5.41, 5.74) is 3.07. The van der Waals surface area contributed by atoms with Gasteiger partial charge in [-0.3, -0.25) is 14.4 Å². The standard InChI is InChI=1S/C29H29NO5S/c1-28(16-22-7-6-12-36-22)18-30(25(31)23-8-4-5-9-24(23)28)17-19-10-11-20-14-29(26(32)34-2,27(33)35-3)15-21(20)13-19/h4-13H,14-18H2,1-3H3. The summed E-state index contributed by atoms with van der Waals surface area (Å²) in [6, 6.07) is 18.1. The van der Waals surface area contributed by atoms with Crippen LogP contribution in [0.3, 0.4) is 0 Å². The van der Waals surface area contributed by atoms with Crippen LogP contribution in [-0.4, -0.2) is 43.5 Å². The smallest absolute Gasteiger partial charge is 0.323 e. The number of nitrogens with zero attached hydrogens (tertiary/aromatic N) is 1. The van der Waals surface area contributed by atoms with Crippen molar-refractivity contribution in [1.29, 1.82) is 0 Å². The van der Waals surface area contributed by atoms with Crippen LogP contribution in [0.5, 0.6) is 0 Å². The number of hydrogen-bond donors (Lipinski definition) is 0. The van der Waals surface area contributed by atoms with E-state index in [1.165, 1.54) is 19.1 Å². The average molecular weight is 504 g/mol. The molecule has 0 fully saturated rings. The van der Waals surface area contributed by atoms with Crippen molar-refractivity contribution < 1.29 is 23.9 Å². The average Bonchev–Trinajstić information content (AvgIpc) is 3.54. The van der Waals surface area contributed by atoms with Gasteiger partial charge in [0.2, 0.25) is 0 Å². The quantitative estimate of drug-likeness (QED) is 0.370. The normalized spacial score (nSPS) is 20.0. The lowest BCUT2D eigenvalue weighted by Crippen LogP contribution is -2.48. The van der Waals surface area contributed by atoms with E-state index >= 15 is 0 Å². The lowest BCUT2D eigenvalue weighted by atomic mass is 9.73. The highest BCUT2D eigenvalue weighted by molar-refractivity contribution is 7.09. The molecular weight excluding hydrogens is 474 g/mol. The van der Waals surface area contributed by atoms with E-state index in [9.17, 15) is 14.4 Å². The second kappa shape index (κ2) is 9.21. The second-order valence-electron chi connectivity index (χ2n) is 10.0. The summed E-state index contributed by atoms with van der Waals surface area (Å²) >= 11 is 1.74. The van der Waals surface area contributed by atoms with Gasteiger partial charge < -0.3 is 14.4 Å². The van der Waals surface area contributed by atoms with Crippen molar-refractivity contribution in [3.63, 3.8) is 0 Å². The fourth-order valence-electron chi connectivity index (χ4n) is 5.83. The van der Waals surface area contributed by atoms with Gasteiger partial charge in [-0.05, 0) is 59.0 Å². The summed E-state index contributed by atoms with van der Waals surface area (Å²) < 4.78 is 9.93. The highest BCUT2D eigenvalue weighted by atomic mass is 32.1. The van der Waals surface area contributed by atoms with Gasteiger partial charge in [0, 0.05) is 28.9 Å². The zero-order valence-corrected chi connectivity index (χ0v) is 21.5. The first-order valence-corrected chi connectivity index (χ1v) is 12.9. The van der Waals surface area contributed by atoms with Crippen molar-refractivity contribution >= 4 is 29.2 Å². The van der Waals surface area contributed by atoms with Crippen LogP contribution in [-0.2, 0) is 50.3 Å². The van der Waals surface area contributed by atoms with Gasteiger partial charge in [0.1, 0.15) is 0 Å². The number of thiophene rings is 1. The van der Waals surface area contributed by atoms with E-state index < -0.39 is 17.4 Å². The van der Waals surface area contributed by atoms with Gasteiger partial charge in [0.15, 0.2) is 5.41 Å². The van der Waals surface area contributed by atoms with Crippen LogP contribution in [0.25, 0.3) is 0 Å². The molecule has 1 aliphatic heterocycles. The summed E-state index contributed by atoms with van der Waals surface area (Å²) in [6.45, 7) is 3.28. The van der Waals surface area contributed by atoms with E-state index in [-0.39, 0.29) is 24.2 Å². The van der Waals surface area contributed by atoms with Crippen LogP contribution >= 0.6 is 11.3 Å². The largest absolute Gasteiger partial charge is 0.468 e. The maximum Gasteiger partial charge on any atom is 0.323 e. The summed E-state index contributed by atoms with van der Waals surface area (Å²) in [4.78, 5) is 41.9. The molecule has 3 aromatic rings. The lowest BCUT2D eigenvalue weighted by Gasteiger charge is -2.42. The maximum absolute atomic E-state index is 13.5. The first-order valence-electron chi connectivity index (χ1n) is 12.0. The predicted octanol–water partition coefficient (Wildman–Crippen LogP) is 4.34. The van der Waals surface area contributed by atoms with E-state index in [4.69, 9.17) is 9.47 Å². The monoisotopic (exact) mass is 503 g/mol. The van der Waals surface area contributed by atoms with E-state index in [2.05, 4.69) is 30.5 Å². The molecule has 0 bridgehead atoms. The van der Waals surface area contributed by atoms with Gasteiger partial charge in [0.05, 0.1) is 14.2 Å². The van der Waals surface area contributed by atoms with Gasteiger partial charge in [-0.1, -0.05) is 49.4 Å². The number of esters is 2. The van der Waals surface area contributed by atoms with Crippen molar-refractivity contribution in [3.05, 3.63) is 92.7 Å². The van der Waals surface area contributed by atoms with E-state index in [0.29, 0.717) is 13.1 Å². The highest BCUT2D eigenvalue weighted by Crippen LogP contribution is 2.41. The third kappa shape index (κ3) is 4.01. The Balaban J connectivity index is 1.43. The molecule has 0 N–H and O–H groups in total. The summed E-state index contributed by atoms with van der Waals surface area (Å²) in [7, 11) is 2.57. The molecule has 1 unspecified atom stereocenters. The summed E-state index contributed by atoms with van der Waals surface area (Å²) in [5, 5.41) is 2.09. The molecule has 6 nitrogen and oxygen atoms in total. The lowest BCUT2D eigenvalue weighted by molar-refractivity contribution is -0.168. The van der Waals surface area contributed by atoms with Crippen LogP contribution < -0.4 is 0 Å². The van der Waals surface area contributed by atoms with Crippen molar-refractivity contribution in [2.24, 2.45) is 5.41 Å². The first kappa shape index (κ1) is 24.3. The molecule has 0 radical (unpaired) electrons. The minimum absolute atomic E-state index is 0.0215. The number of fused-ring (bicyclic) bond motifs is 2. The van der Waals surface area contributed by atoms with Crippen molar-refractivity contribution in [1.82, 2.24) is 4.90 Å². The van der Waals surface area contributed by atoms with Crippen LogP contribution in [0.1, 0.15) is 44.4 Å². The number of hydrogen-bond acceptors (Lipinski definition) is 6. The van der Waals surface area contributed by atoms with Crippen LogP contribution in [0.15, 0.2) is 60.0 Å². The Morgan fingerprint density at radius 2 is 1.69 bits per heavy atom. The number of methoxy groups -OCH3 is 2. The van der Waals surface area contributed by atoms with Gasteiger partial charge in [-0.25, -0.2) is 0 Å². The van der Waals surface area contributed by atoms with E-state index in [0.717, 1.165) is 34.2 Å². The molecule has 0 saturated heterocycles. The van der Waals surface area contributed by atoms with Crippen LogP contribution in [0.4, 0.5) is 0 Å². The van der Waals surface area contributed by atoms with Crippen LogP contribution in [0.2, 0.25) is 0 Å². The molecule has 1 atom stereocenters. The first-order chi connectivity index (χ1) is 17.3. The highest BCUT2D eigenvalue weighted by Gasteiger charge is 2.52. The minimum atomic E-state index is -1.36. The minimum Gasteiger partial charge on any atom is -0.468 e. The molecule has 2 aliphatic rings. The molecule has 1 aliphatic carbocycles.